The zero-order valence-corrected chi connectivity index (χ0v) is 15.2. The number of piperidine rings is 1. The highest BCUT2D eigenvalue weighted by Crippen LogP contribution is 2.38. The Labute approximate surface area is 162 Å². The molecule has 0 bridgehead atoms. The molecule has 5 rings (SSSR count). The summed E-state index contributed by atoms with van der Waals surface area (Å²) in [7, 11) is 0. The first-order valence-corrected chi connectivity index (χ1v) is 9.37. The number of nitrogens with zero attached hydrogens (tertiary/aromatic N) is 3. The van der Waals surface area contributed by atoms with Crippen LogP contribution in [0.2, 0.25) is 0 Å². The Morgan fingerprint density at radius 1 is 1.07 bits per heavy atom. The lowest BCUT2D eigenvalue weighted by Gasteiger charge is -2.50. The van der Waals surface area contributed by atoms with Crippen LogP contribution in [-0.2, 0) is 15.1 Å². The van der Waals surface area contributed by atoms with E-state index in [0.717, 1.165) is 11.1 Å². The molecule has 7 heteroatoms. The fourth-order valence-electron chi connectivity index (χ4n) is 4.08. The molecule has 7 nitrogen and oxygen atoms in total. The standard InChI is InChI=1S/C21H20N4O3/c26-18-14-27-17-13-25(12-11-21(17,23-18)16-9-5-2-6-10-16)20-22-19(24-28-20)15-7-3-1-4-8-15/h1-10,17H,11-14H2,(H,23,26)/t17-,21+/m1/s1. The van der Waals surface area contributed by atoms with Gasteiger partial charge in [0.1, 0.15) is 12.7 Å². The lowest BCUT2D eigenvalue weighted by Crippen LogP contribution is -2.66. The van der Waals surface area contributed by atoms with Crippen LogP contribution in [0.15, 0.2) is 65.2 Å². The predicted octanol–water partition coefficient (Wildman–Crippen LogP) is 2.36. The van der Waals surface area contributed by atoms with Crippen LogP contribution in [0.3, 0.4) is 0 Å². The Morgan fingerprint density at radius 2 is 1.82 bits per heavy atom. The SMILES string of the molecule is O=C1CO[C@@H]2CN(c3nc(-c4ccccc4)no3)CC[C@@]2(c2ccccc2)N1. The van der Waals surface area contributed by atoms with Crippen molar-refractivity contribution < 1.29 is 14.1 Å². The van der Waals surface area contributed by atoms with E-state index in [1.165, 1.54) is 0 Å². The van der Waals surface area contributed by atoms with Crippen LogP contribution < -0.4 is 10.2 Å². The number of morpholine rings is 1. The van der Waals surface area contributed by atoms with Crippen LogP contribution in [0.25, 0.3) is 11.4 Å². The molecular weight excluding hydrogens is 356 g/mol. The summed E-state index contributed by atoms with van der Waals surface area (Å²) in [5.41, 5.74) is 1.44. The third-order valence-electron chi connectivity index (χ3n) is 5.50. The largest absolute Gasteiger partial charge is 0.364 e. The third-order valence-corrected chi connectivity index (χ3v) is 5.50. The second kappa shape index (κ2) is 6.76. The summed E-state index contributed by atoms with van der Waals surface area (Å²) in [5, 5.41) is 7.31. The quantitative estimate of drug-likeness (QED) is 0.756. The molecule has 1 aromatic heterocycles. The minimum Gasteiger partial charge on any atom is -0.364 e. The molecule has 2 aliphatic rings. The maximum Gasteiger partial charge on any atom is 0.324 e. The van der Waals surface area contributed by atoms with Gasteiger partial charge in [0.2, 0.25) is 11.7 Å². The molecule has 0 saturated carbocycles. The van der Waals surface area contributed by atoms with Gasteiger partial charge in [-0.1, -0.05) is 65.8 Å². The Bertz CT molecular complexity index is 976. The molecule has 3 aromatic rings. The number of carbonyl (C=O) groups is 1. The van der Waals surface area contributed by atoms with Crippen molar-refractivity contribution in [3.8, 4) is 11.4 Å². The first-order valence-electron chi connectivity index (χ1n) is 9.37. The van der Waals surface area contributed by atoms with Gasteiger partial charge in [0.15, 0.2) is 0 Å². The van der Waals surface area contributed by atoms with Crippen LogP contribution in [0, 0.1) is 0 Å². The predicted molar refractivity (Wildman–Crippen MR) is 103 cm³/mol. The van der Waals surface area contributed by atoms with E-state index in [1.807, 2.05) is 65.6 Å². The van der Waals surface area contributed by atoms with Crippen molar-refractivity contribution >= 4 is 11.9 Å². The third kappa shape index (κ3) is 2.84. The number of anilines is 1. The summed E-state index contributed by atoms with van der Waals surface area (Å²) in [6, 6.07) is 20.2. The molecule has 2 aromatic carbocycles. The number of hydrogen-bond donors (Lipinski definition) is 1. The second-order valence-corrected chi connectivity index (χ2v) is 7.15. The molecule has 2 aliphatic heterocycles. The van der Waals surface area contributed by atoms with Gasteiger partial charge in [-0.3, -0.25) is 4.79 Å². The van der Waals surface area contributed by atoms with Crippen molar-refractivity contribution in [3.63, 3.8) is 0 Å². The first kappa shape index (κ1) is 16.9. The van der Waals surface area contributed by atoms with Gasteiger partial charge in [0.25, 0.3) is 0 Å². The molecule has 28 heavy (non-hydrogen) atoms. The highest BCUT2D eigenvalue weighted by Gasteiger charge is 2.49. The van der Waals surface area contributed by atoms with Crippen LogP contribution in [0.5, 0.6) is 0 Å². The van der Waals surface area contributed by atoms with Crippen LogP contribution in [0.1, 0.15) is 12.0 Å². The average Bonchev–Trinajstić information content (AvgIpc) is 3.25. The normalized spacial score (nSPS) is 24.5. The molecule has 0 radical (unpaired) electrons. The second-order valence-electron chi connectivity index (χ2n) is 7.15. The van der Waals surface area contributed by atoms with Gasteiger partial charge in [-0.2, -0.15) is 4.98 Å². The highest BCUT2D eigenvalue weighted by molar-refractivity contribution is 5.79. The van der Waals surface area contributed by atoms with Gasteiger partial charge >= 0.3 is 6.01 Å². The van der Waals surface area contributed by atoms with Crippen molar-refractivity contribution in [1.82, 2.24) is 15.5 Å². The number of rotatable bonds is 3. The molecular formula is C21H20N4O3. The van der Waals surface area contributed by atoms with E-state index < -0.39 is 5.54 Å². The monoisotopic (exact) mass is 376 g/mol. The van der Waals surface area contributed by atoms with Crippen molar-refractivity contribution in [2.24, 2.45) is 0 Å². The number of hydrogen-bond acceptors (Lipinski definition) is 6. The Morgan fingerprint density at radius 3 is 2.61 bits per heavy atom. The molecule has 3 heterocycles. The maximum atomic E-state index is 12.1. The Kier molecular flexibility index (Phi) is 4.09. The summed E-state index contributed by atoms with van der Waals surface area (Å²) < 4.78 is 11.5. The molecule has 1 amide bonds. The molecule has 2 fully saturated rings. The van der Waals surface area contributed by atoms with Crippen molar-refractivity contribution in [2.45, 2.75) is 18.1 Å². The number of benzene rings is 2. The summed E-state index contributed by atoms with van der Waals surface area (Å²) in [4.78, 5) is 18.7. The number of ether oxygens (including phenoxy) is 1. The molecule has 0 spiro atoms. The van der Waals surface area contributed by atoms with Gasteiger partial charge in [-0.25, -0.2) is 0 Å². The number of amides is 1. The van der Waals surface area contributed by atoms with E-state index in [0.29, 0.717) is 31.3 Å². The number of aromatic nitrogens is 2. The average molecular weight is 376 g/mol. The Balaban J connectivity index is 1.42. The summed E-state index contributed by atoms with van der Waals surface area (Å²) in [5.74, 6) is 0.478. The van der Waals surface area contributed by atoms with Gasteiger partial charge in [0.05, 0.1) is 12.1 Å². The van der Waals surface area contributed by atoms with E-state index in [4.69, 9.17) is 9.26 Å². The van der Waals surface area contributed by atoms with Gasteiger partial charge in [0, 0.05) is 12.1 Å². The van der Waals surface area contributed by atoms with Gasteiger partial charge in [-0.15, -0.1) is 0 Å². The zero-order valence-electron chi connectivity index (χ0n) is 15.2. The first-order chi connectivity index (χ1) is 13.7. The fourth-order valence-corrected chi connectivity index (χ4v) is 4.08. The zero-order chi connectivity index (χ0) is 19.0. The van der Waals surface area contributed by atoms with E-state index in [1.54, 1.807) is 0 Å². The molecule has 2 atom stereocenters. The fraction of sp³-hybridized carbons (Fsp3) is 0.286. The van der Waals surface area contributed by atoms with Crippen molar-refractivity contribution in [2.75, 3.05) is 24.6 Å². The molecule has 0 aliphatic carbocycles. The van der Waals surface area contributed by atoms with E-state index in [-0.39, 0.29) is 18.6 Å². The molecule has 1 N–H and O–H groups in total. The minimum absolute atomic E-state index is 0.0617. The summed E-state index contributed by atoms with van der Waals surface area (Å²) in [6.45, 7) is 1.29. The topological polar surface area (TPSA) is 80.5 Å². The maximum absolute atomic E-state index is 12.1. The van der Waals surface area contributed by atoms with Gasteiger partial charge in [-0.05, 0) is 12.0 Å². The number of carbonyl (C=O) groups excluding carboxylic acids is 1. The van der Waals surface area contributed by atoms with E-state index in [2.05, 4.69) is 15.5 Å². The molecule has 142 valence electrons. The van der Waals surface area contributed by atoms with E-state index >= 15 is 0 Å². The molecule has 2 saturated heterocycles. The summed E-state index contributed by atoms with van der Waals surface area (Å²) >= 11 is 0. The smallest absolute Gasteiger partial charge is 0.324 e. The van der Waals surface area contributed by atoms with Gasteiger partial charge < -0.3 is 19.5 Å². The van der Waals surface area contributed by atoms with Crippen LogP contribution in [-0.4, -0.2) is 41.8 Å². The lowest BCUT2D eigenvalue weighted by molar-refractivity contribution is -0.146. The Hall–Kier alpha value is -3.19. The van der Waals surface area contributed by atoms with Crippen LogP contribution >= 0.6 is 0 Å². The van der Waals surface area contributed by atoms with E-state index in [9.17, 15) is 4.79 Å². The molecule has 0 unspecified atom stereocenters. The summed E-state index contributed by atoms with van der Waals surface area (Å²) in [6.07, 6.45) is 0.490. The van der Waals surface area contributed by atoms with Crippen molar-refractivity contribution in [3.05, 3.63) is 66.2 Å². The van der Waals surface area contributed by atoms with Crippen LogP contribution in [0.4, 0.5) is 6.01 Å². The van der Waals surface area contributed by atoms with Crippen molar-refractivity contribution in [1.29, 1.82) is 0 Å². The minimum atomic E-state index is -0.532. The lowest BCUT2D eigenvalue weighted by atomic mass is 9.77. The highest BCUT2D eigenvalue weighted by atomic mass is 16.5. The number of fused-ring (bicyclic) bond motifs is 1. The number of nitrogens with one attached hydrogen (secondary N) is 1.